The van der Waals surface area contributed by atoms with Crippen molar-refractivity contribution in [3.63, 3.8) is 0 Å². The van der Waals surface area contributed by atoms with E-state index in [2.05, 4.69) is 6.92 Å². The van der Waals surface area contributed by atoms with Crippen molar-refractivity contribution < 1.29 is 9.90 Å². The monoisotopic (exact) mass is 269 g/mol. The molecule has 2 bridgehead atoms. The molecule has 102 valence electrons. The summed E-state index contributed by atoms with van der Waals surface area (Å²) in [6.07, 6.45) is 4.45. The summed E-state index contributed by atoms with van der Waals surface area (Å²) in [7, 11) is 0. The minimum absolute atomic E-state index is 0.160. The van der Waals surface area contributed by atoms with E-state index in [-0.39, 0.29) is 18.1 Å². The summed E-state index contributed by atoms with van der Waals surface area (Å²) in [5.41, 5.74) is 0. The van der Waals surface area contributed by atoms with Crippen molar-refractivity contribution in [2.24, 2.45) is 17.8 Å². The second-order valence-corrected chi connectivity index (χ2v) is 7.19. The van der Waals surface area contributed by atoms with Gasteiger partial charge >= 0.3 is 0 Å². The van der Waals surface area contributed by atoms with Gasteiger partial charge in [-0.1, -0.05) is 13.3 Å². The summed E-state index contributed by atoms with van der Waals surface area (Å²) >= 11 is 1.75. The minimum atomic E-state index is -0.238. The first-order valence-electron chi connectivity index (χ1n) is 7.27. The second kappa shape index (κ2) is 5.04. The van der Waals surface area contributed by atoms with Crippen LogP contribution in [0.3, 0.4) is 0 Å². The van der Waals surface area contributed by atoms with Crippen LogP contribution >= 0.6 is 11.8 Å². The molecule has 1 saturated heterocycles. The molecule has 1 heterocycles. The number of nitrogens with zero attached hydrogens (tertiary/aromatic N) is 1. The fourth-order valence-corrected chi connectivity index (χ4v) is 5.17. The highest BCUT2D eigenvalue weighted by Gasteiger charge is 2.59. The quantitative estimate of drug-likeness (QED) is 0.773. The van der Waals surface area contributed by atoms with Crippen LogP contribution in [-0.2, 0) is 4.79 Å². The van der Waals surface area contributed by atoms with E-state index in [1.165, 1.54) is 12.8 Å². The van der Waals surface area contributed by atoms with Crippen molar-refractivity contribution in [2.45, 2.75) is 44.8 Å². The van der Waals surface area contributed by atoms with Gasteiger partial charge in [0.2, 0.25) is 5.91 Å². The lowest BCUT2D eigenvalue weighted by molar-refractivity contribution is -0.131. The molecule has 3 rings (SSSR count). The summed E-state index contributed by atoms with van der Waals surface area (Å²) in [5, 5.41) is 10.2. The van der Waals surface area contributed by atoms with E-state index >= 15 is 0 Å². The third-order valence-corrected chi connectivity index (χ3v) is 6.07. The van der Waals surface area contributed by atoms with E-state index in [0.29, 0.717) is 23.5 Å². The summed E-state index contributed by atoms with van der Waals surface area (Å²) in [6.45, 7) is 3.09. The Bertz CT molecular complexity index is 334. The molecule has 2 aliphatic carbocycles. The first-order chi connectivity index (χ1) is 8.72. The topological polar surface area (TPSA) is 40.5 Å². The summed E-state index contributed by atoms with van der Waals surface area (Å²) in [6, 6.07) is 0.160. The SMILES string of the molecule is CCCCSCC(=O)N1CC2CC3CC2C1C3O. The molecule has 0 radical (unpaired) electrons. The van der Waals surface area contributed by atoms with Gasteiger partial charge in [0.15, 0.2) is 0 Å². The lowest BCUT2D eigenvalue weighted by Gasteiger charge is -2.28. The highest BCUT2D eigenvalue weighted by atomic mass is 32.2. The number of carbonyl (C=O) groups excluding carboxylic acids is 1. The number of unbranched alkanes of at least 4 members (excludes halogenated alkanes) is 1. The maximum Gasteiger partial charge on any atom is 0.232 e. The average molecular weight is 269 g/mol. The van der Waals surface area contributed by atoms with Crippen molar-refractivity contribution in [2.75, 3.05) is 18.1 Å². The van der Waals surface area contributed by atoms with Gasteiger partial charge in [-0.05, 0) is 42.8 Å². The molecular formula is C14H23NO2S. The molecule has 0 aromatic rings. The molecule has 1 aliphatic heterocycles. The third kappa shape index (κ3) is 1.97. The van der Waals surface area contributed by atoms with E-state index in [9.17, 15) is 9.90 Å². The van der Waals surface area contributed by atoms with E-state index in [4.69, 9.17) is 0 Å². The Morgan fingerprint density at radius 2 is 2.22 bits per heavy atom. The van der Waals surface area contributed by atoms with E-state index < -0.39 is 0 Å². The first-order valence-corrected chi connectivity index (χ1v) is 8.43. The largest absolute Gasteiger partial charge is 0.391 e. The Balaban J connectivity index is 1.56. The molecule has 2 saturated carbocycles. The molecule has 3 fully saturated rings. The number of hydrogen-bond acceptors (Lipinski definition) is 3. The third-order valence-electron chi connectivity index (χ3n) is 5.04. The van der Waals surface area contributed by atoms with Gasteiger partial charge in [-0.25, -0.2) is 0 Å². The van der Waals surface area contributed by atoms with Gasteiger partial charge in [0, 0.05) is 6.54 Å². The fourth-order valence-electron chi connectivity index (χ4n) is 4.19. The zero-order valence-corrected chi connectivity index (χ0v) is 11.9. The van der Waals surface area contributed by atoms with Crippen LogP contribution in [0.1, 0.15) is 32.6 Å². The molecule has 5 unspecified atom stereocenters. The Morgan fingerprint density at radius 3 is 2.94 bits per heavy atom. The Morgan fingerprint density at radius 1 is 1.39 bits per heavy atom. The van der Waals surface area contributed by atoms with Gasteiger partial charge < -0.3 is 10.0 Å². The van der Waals surface area contributed by atoms with Crippen LogP contribution in [0.25, 0.3) is 0 Å². The number of aliphatic hydroxyl groups is 1. The maximum atomic E-state index is 12.3. The molecule has 3 nitrogen and oxygen atoms in total. The van der Waals surface area contributed by atoms with Crippen LogP contribution in [-0.4, -0.2) is 46.1 Å². The van der Waals surface area contributed by atoms with Crippen LogP contribution in [0.5, 0.6) is 0 Å². The van der Waals surface area contributed by atoms with Crippen LogP contribution < -0.4 is 0 Å². The number of carbonyl (C=O) groups is 1. The van der Waals surface area contributed by atoms with Crippen LogP contribution in [0.4, 0.5) is 0 Å². The van der Waals surface area contributed by atoms with Gasteiger partial charge in [-0.15, -0.1) is 0 Å². The molecule has 3 aliphatic rings. The normalized spacial score (nSPS) is 40.8. The van der Waals surface area contributed by atoms with Gasteiger partial charge in [-0.3, -0.25) is 4.79 Å². The standard InChI is InChI=1S/C14H23NO2S/c1-2-3-4-18-8-12(16)15-7-10-5-9-6-11(10)13(15)14(9)17/h9-11,13-14,17H,2-8H2,1H3. The maximum absolute atomic E-state index is 12.3. The zero-order valence-electron chi connectivity index (χ0n) is 11.0. The van der Waals surface area contributed by atoms with Crippen molar-refractivity contribution >= 4 is 17.7 Å². The van der Waals surface area contributed by atoms with E-state index in [0.717, 1.165) is 25.1 Å². The smallest absolute Gasteiger partial charge is 0.232 e. The molecule has 18 heavy (non-hydrogen) atoms. The molecule has 1 N–H and O–H groups in total. The van der Waals surface area contributed by atoms with Crippen LogP contribution in [0.15, 0.2) is 0 Å². The van der Waals surface area contributed by atoms with Gasteiger partial charge in [0.1, 0.15) is 0 Å². The van der Waals surface area contributed by atoms with Gasteiger partial charge in [0.05, 0.1) is 17.9 Å². The minimum Gasteiger partial charge on any atom is -0.391 e. The number of aliphatic hydroxyl groups excluding tert-OH is 1. The lowest BCUT2D eigenvalue weighted by Crippen LogP contribution is -2.44. The Labute approximate surface area is 113 Å². The summed E-state index contributed by atoms with van der Waals surface area (Å²) in [5.74, 6) is 3.72. The van der Waals surface area contributed by atoms with Crippen molar-refractivity contribution in [3.05, 3.63) is 0 Å². The van der Waals surface area contributed by atoms with Crippen molar-refractivity contribution in [3.8, 4) is 0 Å². The predicted molar refractivity (Wildman–Crippen MR) is 73.4 cm³/mol. The molecule has 0 spiro atoms. The van der Waals surface area contributed by atoms with E-state index in [1.807, 2.05) is 4.90 Å². The second-order valence-electron chi connectivity index (χ2n) is 6.09. The number of fused-ring (bicyclic) bond motifs is 1. The van der Waals surface area contributed by atoms with E-state index in [1.54, 1.807) is 11.8 Å². The summed E-state index contributed by atoms with van der Waals surface area (Å²) in [4.78, 5) is 14.3. The van der Waals surface area contributed by atoms with Crippen molar-refractivity contribution in [1.29, 1.82) is 0 Å². The highest BCUT2D eigenvalue weighted by Crippen LogP contribution is 2.54. The average Bonchev–Trinajstić information content (AvgIpc) is 2.95. The fraction of sp³-hybridized carbons (Fsp3) is 0.929. The predicted octanol–water partition coefficient (Wildman–Crippen LogP) is 1.75. The number of rotatable bonds is 5. The molecule has 1 amide bonds. The number of thioether (sulfide) groups is 1. The molecule has 0 aromatic carbocycles. The van der Waals surface area contributed by atoms with Crippen LogP contribution in [0.2, 0.25) is 0 Å². The first kappa shape index (κ1) is 12.8. The molecule has 4 heteroatoms. The highest BCUT2D eigenvalue weighted by molar-refractivity contribution is 7.99. The molecular weight excluding hydrogens is 246 g/mol. The van der Waals surface area contributed by atoms with Crippen LogP contribution in [0, 0.1) is 17.8 Å². The van der Waals surface area contributed by atoms with Gasteiger partial charge in [-0.2, -0.15) is 11.8 Å². The zero-order chi connectivity index (χ0) is 12.7. The lowest BCUT2D eigenvalue weighted by atomic mass is 9.88. The summed E-state index contributed by atoms with van der Waals surface area (Å²) < 4.78 is 0. The van der Waals surface area contributed by atoms with Gasteiger partial charge in [0.25, 0.3) is 0 Å². The number of hydrogen-bond donors (Lipinski definition) is 1. The molecule has 0 aromatic heterocycles. The molecule has 5 atom stereocenters. The Hall–Kier alpha value is -0.220. The number of amides is 1. The van der Waals surface area contributed by atoms with Crippen molar-refractivity contribution in [1.82, 2.24) is 4.90 Å². The Kier molecular flexibility index (Phi) is 3.59. The number of likely N-dealkylation sites (tertiary alicyclic amines) is 1.